The molecule has 1 amide bonds. The molecular weight excluding hydrogens is 218 g/mol. The predicted molar refractivity (Wildman–Crippen MR) is 63.5 cm³/mol. The fourth-order valence-corrected chi connectivity index (χ4v) is 2.11. The van der Waals surface area contributed by atoms with E-state index in [1.54, 1.807) is 6.07 Å². The van der Waals surface area contributed by atoms with E-state index in [-0.39, 0.29) is 11.9 Å². The van der Waals surface area contributed by atoms with Gasteiger partial charge in [0.05, 0.1) is 12.1 Å². The van der Waals surface area contributed by atoms with Crippen LogP contribution in [0.25, 0.3) is 0 Å². The highest BCUT2D eigenvalue weighted by atomic mass is 16.5. The van der Waals surface area contributed by atoms with Crippen molar-refractivity contribution in [1.82, 2.24) is 15.8 Å². The molecule has 94 valence electrons. The van der Waals surface area contributed by atoms with Crippen LogP contribution >= 0.6 is 0 Å². The van der Waals surface area contributed by atoms with E-state index < -0.39 is 0 Å². The number of rotatable bonds is 3. The molecule has 0 aromatic carbocycles. The average Bonchev–Trinajstić information content (AvgIpc) is 2.67. The summed E-state index contributed by atoms with van der Waals surface area (Å²) in [6, 6.07) is 2.02. The Kier molecular flexibility index (Phi) is 3.78. The van der Waals surface area contributed by atoms with Crippen molar-refractivity contribution in [2.75, 3.05) is 13.1 Å². The van der Waals surface area contributed by atoms with Gasteiger partial charge < -0.3 is 15.2 Å². The number of hydrogen-bond donors (Lipinski definition) is 2. The first kappa shape index (κ1) is 12.1. The fraction of sp³-hybridized carbons (Fsp3) is 0.667. The average molecular weight is 237 g/mol. The van der Waals surface area contributed by atoms with E-state index in [9.17, 15) is 4.79 Å². The molecule has 2 heterocycles. The van der Waals surface area contributed by atoms with Gasteiger partial charge >= 0.3 is 0 Å². The second-order valence-electron chi connectivity index (χ2n) is 4.75. The monoisotopic (exact) mass is 237 g/mol. The van der Waals surface area contributed by atoms with E-state index >= 15 is 0 Å². The molecule has 2 unspecified atom stereocenters. The molecule has 1 aliphatic rings. The van der Waals surface area contributed by atoms with Gasteiger partial charge in [-0.1, -0.05) is 12.1 Å². The van der Waals surface area contributed by atoms with Crippen molar-refractivity contribution >= 4 is 5.91 Å². The van der Waals surface area contributed by atoms with Gasteiger partial charge in [0.15, 0.2) is 0 Å². The number of aryl methyl sites for hydroxylation is 1. The van der Waals surface area contributed by atoms with Crippen LogP contribution in [0, 0.1) is 12.8 Å². The minimum atomic E-state index is 0.0128. The Bertz CT molecular complexity index is 389. The van der Waals surface area contributed by atoms with E-state index in [1.807, 2.05) is 6.92 Å². The van der Waals surface area contributed by atoms with Crippen LogP contribution in [0.1, 0.15) is 24.8 Å². The molecule has 1 saturated heterocycles. The molecule has 0 spiro atoms. The van der Waals surface area contributed by atoms with Gasteiger partial charge in [-0.25, -0.2) is 0 Å². The Morgan fingerprint density at radius 1 is 1.71 bits per heavy atom. The van der Waals surface area contributed by atoms with Gasteiger partial charge in [-0.2, -0.15) is 0 Å². The van der Waals surface area contributed by atoms with E-state index in [4.69, 9.17) is 4.52 Å². The molecule has 2 rings (SSSR count). The second-order valence-corrected chi connectivity index (χ2v) is 4.75. The summed E-state index contributed by atoms with van der Waals surface area (Å²) in [5, 5.41) is 10.1. The molecule has 0 saturated carbocycles. The van der Waals surface area contributed by atoms with Gasteiger partial charge in [0.1, 0.15) is 5.76 Å². The Morgan fingerprint density at radius 3 is 3.18 bits per heavy atom. The summed E-state index contributed by atoms with van der Waals surface area (Å²) in [5.41, 5.74) is 0.691. The Labute approximate surface area is 101 Å². The molecule has 0 radical (unpaired) electrons. The smallest absolute Gasteiger partial charge is 0.226 e. The number of amides is 1. The third kappa shape index (κ3) is 3.30. The number of nitrogens with zero attached hydrogens (tertiary/aromatic N) is 1. The van der Waals surface area contributed by atoms with Crippen LogP contribution in [-0.2, 0) is 11.2 Å². The van der Waals surface area contributed by atoms with Crippen LogP contribution in [0.15, 0.2) is 10.6 Å². The summed E-state index contributed by atoms with van der Waals surface area (Å²) >= 11 is 0. The normalized spacial score (nSPS) is 24.6. The lowest BCUT2D eigenvalue weighted by Gasteiger charge is -2.30. The molecule has 1 aliphatic heterocycles. The van der Waals surface area contributed by atoms with Gasteiger partial charge in [-0.3, -0.25) is 4.79 Å². The molecule has 2 atom stereocenters. The Hall–Kier alpha value is -1.36. The number of piperidine rings is 1. The zero-order chi connectivity index (χ0) is 12.3. The first-order valence-corrected chi connectivity index (χ1v) is 6.07. The fourth-order valence-electron chi connectivity index (χ4n) is 2.11. The quantitative estimate of drug-likeness (QED) is 0.809. The van der Waals surface area contributed by atoms with Gasteiger partial charge in [0, 0.05) is 18.7 Å². The highest BCUT2D eigenvalue weighted by Gasteiger charge is 2.22. The SMILES string of the molecule is Cc1cc(CC(=O)NC2CNCCC2C)no1. The summed E-state index contributed by atoms with van der Waals surface area (Å²) in [7, 11) is 0. The van der Waals surface area contributed by atoms with E-state index in [1.165, 1.54) is 0 Å². The molecule has 5 nitrogen and oxygen atoms in total. The largest absolute Gasteiger partial charge is 0.361 e. The maximum atomic E-state index is 11.8. The van der Waals surface area contributed by atoms with Crippen molar-refractivity contribution < 1.29 is 9.32 Å². The lowest BCUT2D eigenvalue weighted by molar-refractivity contribution is -0.121. The maximum absolute atomic E-state index is 11.8. The standard InChI is InChI=1S/C12H19N3O2/c1-8-3-4-13-7-11(8)14-12(16)6-10-5-9(2)17-15-10/h5,8,11,13H,3-4,6-7H2,1-2H3,(H,14,16). The zero-order valence-corrected chi connectivity index (χ0v) is 10.3. The first-order valence-electron chi connectivity index (χ1n) is 6.07. The van der Waals surface area contributed by atoms with Crippen LogP contribution < -0.4 is 10.6 Å². The molecule has 2 N–H and O–H groups in total. The number of hydrogen-bond acceptors (Lipinski definition) is 4. The lowest BCUT2D eigenvalue weighted by Crippen LogP contribution is -2.50. The van der Waals surface area contributed by atoms with Crippen LogP contribution in [-0.4, -0.2) is 30.2 Å². The zero-order valence-electron chi connectivity index (χ0n) is 10.3. The van der Waals surface area contributed by atoms with Crippen LogP contribution in [0.3, 0.4) is 0 Å². The summed E-state index contributed by atoms with van der Waals surface area (Å²) < 4.78 is 4.93. The van der Waals surface area contributed by atoms with Crippen molar-refractivity contribution in [2.45, 2.75) is 32.7 Å². The maximum Gasteiger partial charge on any atom is 0.226 e. The molecular formula is C12H19N3O2. The van der Waals surface area contributed by atoms with Gasteiger partial charge in [-0.15, -0.1) is 0 Å². The molecule has 0 bridgehead atoms. The Morgan fingerprint density at radius 2 is 2.53 bits per heavy atom. The van der Waals surface area contributed by atoms with Crippen molar-refractivity contribution in [3.05, 3.63) is 17.5 Å². The highest BCUT2D eigenvalue weighted by Crippen LogP contribution is 2.11. The van der Waals surface area contributed by atoms with E-state index in [0.29, 0.717) is 18.0 Å². The first-order chi connectivity index (χ1) is 8.15. The Balaban J connectivity index is 1.84. The van der Waals surface area contributed by atoms with Crippen molar-refractivity contribution in [3.8, 4) is 0 Å². The van der Waals surface area contributed by atoms with Crippen molar-refractivity contribution in [2.24, 2.45) is 5.92 Å². The number of aromatic nitrogens is 1. The number of nitrogens with one attached hydrogen (secondary N) is 2. The molecule has 0 aliphatic carbocycles. The molecule has 1 fully saturated rings. The number of carbonyl (C=O) groups is 1. The van der Waals surface area contributed by atoms with E-state index in [0.717, 1.165) is 25.3 Å². The molecule has 17 heavy (non-hydrogen) atoms. The summed E-state index contributed by atoms with van der Waals surface area (Å²) in [6.07, 6.45) is 1.40. The summed E-state index contributed by atoms with van der Waals surface area (Å²) in [5.74, 6) is 1.28. The molecule has 1 aromatic rings. The van der Waals surface area contributed by atoms with Crippen molar-refractivity contribution in [1.29, 1.82) is 0 Å². The number of carbonyl (C=O) groups excluding carboxylic acids is 1. The topological polar surface area (TPSA) is 67.2 Å². The third-order valence-electron chi connectivity index (χ3n) is 3.19. The third-order valence-corrected chi connectivity index (χ3v) is 3.19. The van der Waals surface area contributed by atoms with Crippen LogP contribution in [0.2, 0.25) is 0 Å². The van der Waals surface area contributed by atoms with Crippen LogP contribution in [0.5, 0.6) is 0 Å². The van der Waals surface area contributed by atoms with Gasteiger partial charge in [0.2, 0.25) is 5.91 Å². The van der Waals surface area contributed by atoms with Gasteiger partial charge in [0.25, 0.3) is 0 Å². The van der Waals surface area contributed by atoms with E-state index in [2.05, 4.69) is 22.7 Å². The van der Waals surface area contributed by atoms with Crippen LogP contribution in [0.4, 0.5) is 0 Å². The summed E-state index contributed by atoms with van der Waals surface area (Å²) in [6.45, 7) is 5.88. The van der Waals surface area contributed by atoms with Crippen molar-refractivity contribution in [3.63, 3.8) is 0 Å². The highest BCUT2D eigenvalue weighted by molar-refractivity contribution is 5.78. The lowest BCUT2D eigenvalue weighted by atomic mass is 9.95. The summed E-state index contributed by atoms with van der Waals surface area (Å²) in [4.78, 5) is 11.8. The minimum Gasteiger partial charge on any atom is -0.361 e. The van der Waals surface area contributed by atoms with Gasteiger partial charge in [-0.05, 0) is 25.8 Å². The molecule has 1 aromatic heterocycles. The second kappa shape index (κ2) is 5.31. The predicted octanol–water partition coefficient (Wildman–Crippen LogP) is 0.640. The minimum absolute atomic E-state index is 0.0128. The molecule has 5 heteroatoms.